The largest absolute Gasteiger partial charge is 0.416 e. The van der Waals surface area contributed by atoms with Crippen LogP contribution in [0.25, 0.3) is 0 Å². The van der Waals surface area contributed by atoms with Gasteiger partial charge < -0.3 is 10.6 Å². The van der Waals surface area contributed by atoms with E-state index in [2.05, 4.69) is 10.6 Å². The van der Waals surface area contributed by atoms with Crippen molar-refractivity contribution >= 4 is 18.3 Å². The number of hydrogen-bond acceptors (Lipinski definition) is 2. The Morgan fingerprint density at radius 2 is 1.80 bits per heavy atom. The Kier molecular flexibility index (Phi) is 8.25. The van der Waals surface area contributed by atoms with Crippen LogP contribution in [-0.2, 0) is 17.5 Å². The van der Waals surface area contributed by atoms with Crippen LogP contribution < -0.4 is 10.6 Å². The molecule has 0 saturated carbocycles. The first-order chi connectivity index (χ1) is 8.93. The topological polar surface area (TPSA) is 41.1 Å². The molecule has 20 heavy (non-hydrogen) atoms. The highest BCUT2D eigenvalue weighted by Gasteiger charge is 2.29. The maximum absolute atomic E-state index is 12.3. The van der Waals surface area contributed by atoms with Crippen LogP contribution in [0.15, 0.2) is 24.3 Å². The van der Waals surface area contributed by atoms with E-state index in [9.17, 15) is 18.0 Å². The summed E-state index contributed by atoms with van der Waals surface area (Å²) in [6.45, 7) is 1.00. The lowest BCUT2D eigenvalue weighted by atomic mass is 10.1. The van der Waals surface area contributed by atoms with E-state index in [0.29, 0.717) is 12.0 Å². The number of carbonyl (C=O) groups excluding carboxylic acids is 1. The minimum atomic E-state index is -4.32. The lowest BCUT2D eigenvalue weighted by Gasteiger charge is -2.08. The number of benzene rings is 1. The second-order valence-corrected chi connectivity index (χ2v) is 4.18. The lowest BCUT2D eigenvalue weighted by Crippen LogP contribution is -2.23. The van der Waals surface area contributed by atoms with Crippen LogP contribution in [0.2, 0.25) is 0 Å². The summed E-state index contributed by atoms with van der Waals surface area (Å²) in [5.74, 6) is -0.102. The molecule has 0 radical (unpaired) electrons. The zero-order valence-electron chi connectivity index (χ0n) is 11.1. The van der Waals surface area contributed by atoms with E-state index >= 15 is 0 Å². The van der Waals surface area contributed by atoms with E-state index in [1.165, 1.54) is 12.1 Å². The number of amides is 1. The van der Waals surface area contributed by atoms with E-state index in [1.54, 1.807) is 7.05 Å². The Bertz CT molecular complexity index is 407. The second-order valence-electron chi connectivity index (χ2n) is 4.18. The molecule has 1 aromatic carbocycles. The second kappa shape index (κ2) is 8.81. The Morgan fingerprint density at radius 1 is 1.20 bits per heavy atom. The molecule has 0 unspecified atom stereocenters. The van der Waals surface area contributed by atoms with Crippen molar-refractivity contribution in [3.05, 3.63) is 35.4 Å². The fraction of sp³-hybridized carbons (Fsp3) is 0.462. The molecule has 7 heteroatoms. The minimum Gasteiger partial charge on any atom is -0.352 e. The summed E-state index contributed by atoms with van der Waals surface area (Å²) in [4.78, 5) is 11.4. The van der Waals surface area contributed by atoms with Gasteiger partial charge in [0.15, 0.2) is 0 Å². The molecule has 114 valence electrons. The average Bonchev–Trinajstić information content (AvgIpc) is 2.36. The zero-order chi connectivity index (χ0) is 14.3. The van der Waals surface area contributed by atoms with Crippen molar-refractivity contribution in [2.45, 2.75) is 25.6 Å². The molecule has 0 fully saturated rings. The molecule has 0 spiro atoms. The van der Waals surface area contributed by atoms with Crippen LogP contribution in [0.1, 0.15) is 24.0 Å². The highest BCUT2D eigenvalue weighted by atomic mass is 35.5. The van der Waals surface area contributed by atoms with Crippen molar-refractivity contribution in [1.29, 1.82) is 0 Å². The molecule has 0 aliphatic heterocycles. The molecule has 1 amide bonds. The van der Waals surface area contributed by atoms with E-state index in [4.69, 9.17) is 0 Å². The van der Waals surface area contributed by atoms with Gasteiger partial charge >= 0.3 is 6.18 Å². The molecule has 3 nitrogen and oxygen atoms in total. The monoisotopic (exact) mass is 310 g/mol. The molecule has 0 heterocycles. The normalized spacial score (nSPS) is 10.8. The van der Waals surface area contributed by atoms with Crippen molar-refractivity contribution in [2.75, 3.05) is 13.6 Å². The van der Waals surface area contributed by atoms with Gasteiger partial charge in [0.25, 0.3) is 0 Å². The van der Waals surface area contributed by atoms with Crippen LogP contribution >= 0.6 is 12.4 Å². The van der Waals surface area contributed by atoms with Gasteiger partial charge in [0.1, 0.15) is 0 Å². The number of nitrogens with one attached hydrogen (secondary N) is 2. The number of alkyl halides is 3. The number of hydrogen-bond donors (Lipinski definition) is 2. The maximum atomic E-state index is 12.3. The third-order valence-corrected chi connectivity index (χ3v) is 2.60. The molecular formula is C13H18ClF3N2O. The third kappa shape index (κ3) is 6.77. The molecule has 0 aliphatic rings. The Balaban J connectivity index is 0.00000361. The predicted octanol–water partition coefficient (Wildman–Crippen LogP) is 2.74. The van der Waals surface area contributed by atoms with Gasteiger partial charge in [-0.25, -0.2) is 0 Å². The summed E-state index contributed by atoms with van der Waals surface area (Å²) in [5, 5.41) is 5.60. The van der Waals surface area contributed by atoms with Crippen molar-refractivity contribution < 1.29 is 18.0 Å². The minimum absolute atomic E-state index is 0. The molecule has 1 rings (SSSR count). The van der Waals surface area contributed by atoms with E-state index in [0.717, 1.165) is 25.1 Å². The van der Waals surface area contributed by atoms with Crippen LogP contribution in [0.5, 0.6) is 0 Å². The summed E-state index contributed by atoms with van der Waals surface area (Å²) < 4.78 is 37.0. The summed E-state index contributed by atoms with van der Waals surface area (Å²) in [5.41, 5.74) is -0.0356. The first kappa shape index (κ1) is 18.7. The fourth-order valence-electron chi connectivity index (χ4n) is 1.53. The quantitative estimate of drug-likeness (QED) is 0.793. The molecule has 0 saturated heterocycles. The molecule has 0 aliphatic carbocycles. The smallest absolute Gasteiger partial charge is 0.352 e. The highest BCUT2D eigenvalue weighted by molar-refractivity contribution is 5.85. The van der Waals surface area contributed by atoms with Crippen molar-refractivity contribution in [1.82, 2.24) is 10.6 Å². The van der Waals surface area contributed by atoms with Gasteiger partial charge in [-0.15, -0.1) is 12.4 Å². The van der Waals surface area contributed by atoms with E-state index in [-0.39, 0.29) is 24.9 Å². The summed E-state index contributed by atoms with van der Waals surface area (Å²) in [7, 11) is 1.81. The van der Waals surface area contributed by atoms with Gasteiger partial charge in [0.05, 0.1) is 5.56 Å². The third-order valence-electron chi connectivity index (χ3n) is 2.60. The van der Waals surface area contributed by atoms with Crippen molar-refractivity contribution in [2.24, 2.45) is 0 Å². The van der Waals surface area contributed by atoms with Gasteiger partial charge in [0, 0.05) is 13.0 Å². The molecule has 1 aromatic rings. The van der Waals surface area contributed by atoms with Gasteiger partial charge in [-0.3, -0.25) is 4.79 Å². The molecule has 2 N–H and O–H groups in total. The molecule has 0 atom stereocenters. The lowest BCUT2D eigenvalue weighted by molar-refractivity contribution is -0.137. The summed E-state index contributed by atoms with van der Waals surface area (Å²) >= 11 is 0. The number of halogens is 4. The van der Waals surface area contributed by atoms with E-state index in [1.807, 2.05) is 0 Å². The SMILES string of the molecule is CNCCCC(=O)NCc1ccc(C(F)(F)F)cc1.Cl. The Labute approximate surface area is 122 Å². The van der Waals surface area contributed by atoms with Crippen molar-refractivity contribution in [3.8, 4) is 0 Å². The Morgan fingerprint density at radius 3 is 2.30 bits per heavy atom. The van der Waals surface area contributed by atoms with Gasteiger partial charge in [-0.1, -0.05) is 12.1 Å². The molecule has 0 aromatic heterocycles. The number of carbonyl (C=O) groups is 1. The summed E-state index contributed by atoms with van der Waals surface area (Å²) in [6, 6.07) is 4.78. The predicted molar refractivity (Wildman–Crippen MR) is 73.7 cm³/mol. The van der Waals surface area contributed by atoms with Gasteiger partial charge in [-0.05, 0) is 37.7 Å². The Hall–Kier alpha value is -1.27. The van der Waals surface area contributed by atoms with Crippen LogP contribution in [-0.4, -0.2) is 19.5 Å². The average molecular weight is 311 g/mol. The fourth-order valence-corrected chi connectivity index (χ4v) is 1.53. The standard InChI is InChI=1S/C13H17F3N2O.ClH/c1-17-8-2-3-12(19)18-9-10-4-6-11(7-5-10)13(14,15)16;/h4-7,17H,2-3,8-9H2,1H3,(H,18,19);1H. The molecule has 0 bridgehead atoms. The molecular weight excluding hydrogens is 293 g/mol. The van der Waals surface area contributed by atoms with E-state index < -0.39 is 11.7 Å². The van der Waals surface area contributed by atoms with Gasteiger partial charge in [0.2, 0.25) is 5.91 Å². The number of rotatable bonds is 6. The zero-order valence-corrected chi connectivity index (χ0v) is 11.9. The maximum Gasteiger partial charge on any atom is 0.416 e. The van der Waals surface area contributed by atoms with Crippen LogP contribution in [0.3, 0.4) is 0 Å². The highest BCUT2D eigenvalue weighted by Crippen LogP contribution is 2.28. The van der Waals surface area contributed by atoms with Crippen LogP contribution in [0.4, 0.5) is 13.2 Å². The van der Waals surface area contributed by atoms with Crippen LogP contribution in [0, 0.1) is 0 Å². The first-order valence-electron chi connectivity index (χ1n) is 6.01. The van der Waals surface area contributed by atoms with Crippen molar-refractivity contribution in [3.63, 3.8) is 0 Å². The first-order valence-corrected chi connectivity index (χ1v) is 6.01. The van der Waals surface area contributed by atoms with Gasteiger partial charge in [-0.2, -0.15) is 13.2 Å². The summed E-state index contributed by atoms with van der Waals surface area (Å²) in [6.07, 6.45) is -3.19.